The number of hydrogen-bond donors (Lipinski definition) is 3. The van der Waals surface area contributed by atoms with Gasteiger partial charge in [0.2, 0.25) is 11.8 Å². The molecular weight excluding hydrogens is 420 g/mol. The molecule has 0 unspecified atom stereocenters. The summed E-state index contributed by atoms with van der Waals surface area (Å²) in [6, 6.07) is 0.217. The number of aliphatic hydroxyl groups excluding tert-OH is 1. The molecule has 31 heavy (non-hydrogen) atoms. The van der Waals surface area contributed by atoms with E-state index in [-0.39, 0.29) is 40.8 Å². The Balaban J connectivity index is 1.31. The van der Waals surface area contributed by atoms with Crippen molar-refractivity contribution in [2.75, 3.05) is 26.7 Å². The third-order valence-corrected chi connectivity index (χ3v) is 9.23. The van der Waals surface area contributed by atoms with Gasteiger partial charge in [-0.15, -0.1) is 11.8 Å². The number of hydrogen-bond acceptors (Lipinski definition) is 7. The Morgan fingerprint density at radius 3 is 2.58 bits per heavy atom. The molecule has 8 atom stereocenters. The third kappa shape index (κ3) is 3.13. The number of amides is 2. The maximum Gasteiger partial charge on any atom is 0.353 e. The first-order valence-corrected chi connectivity index (χ1v) is 12.0. The minimum absolute atomic E-state index is 0.0600. The number of carbonyl (C=O) groups is 3. The number of carboxylic acid groups (broad SMARTS) is 1. The van der Waals surface area contributed by atoms with Crippen LogP contribution in [0.3, 0.4) is 0 Å². The number of aliphatic hydroxyl groups is 1. The molecule has 0 radical (unpaired) electrons. The van der Waals surface area contributed by atoms with Crippen molar-refractivity contribution in [3.63, 3.8) is 0 Å². The molecule has 0 spiro atoms. The smallest absolute Gasteiger partial charge is 0.353 e. The van der Waals surface area contributed by atoms with Gasteiger partial charge >= 0.3 is 5.97 Å². The normalized spacial score (nSPS) is 40.5. The van der Waals surface area contributed by atoms with Gasteiger partial charge < -0.3 is 25.3 Å². The second-order valence-electron chi connectivity index (χ2n) is 9.69. The highest BCUT2D eigenvalue weighted by molar-refractivity contribution is 8.03. The molecule has 2 bridgehead atoms. The molecular formula is C21H30N4O5S. The van der Waals surface area contributed by atoms with Gasteiger partial charge in [-0.3, -0.25) is 14.5 Å². The fourth-order valence-corrected chi connectivity index (χ4v) is 7.81. The zero-order valence-corrected chi connectivity index (χ0v) is 18.8. The number of aliphatic carboxylic acids is 1. The van der Waals surface area contributed by atoms with Gasteiger partial charge in [0.1, 0.15) is 5.70 Å². The molecule has 0 aromatic heterocycles. The molecule has 0 aliphatic carbocycles. The molecule has 3 N–H and O–H groups in total. The van der Waals surface area contributed by atoms with E-state index >= 15 is 0 Å². The average Bonchev–Trinajstić information content (AvgIpc) is 3.45. The molecule has 0 aromatic carbocycles. The van der Waals surface area contributed by atoms with Crippen LogP contribution in [-0.2, 0) is 14.4 Å². The van der Waals surface area contributed by atoms with Gasteiger partial charge in [0, 0.05) is 47.8 Å². The molecule has 5 aliphatic rings. The monoisotopic (exact) mass is 450 g/mol. The summed E-state index contributed by atoms with van der Waals surface area (Å²) in [6.07, 6.45) is 0.895. The van der Waals surface area contributed by atoms with Crippen molar-refractivity contribution in [2.24, 2.45) is 11.8 Å². The maximum absolute atomic E-state index is 13.2. The number of carboxylic acids is 1. The van der Waals surface area contributed by atoms with Crippen molar-refractivity contribution in [2.45, 2.75) is 62.2 Å². The first-order valence-electron chi connectivity index (χ1n) is 11.1. The summed E-state index contributed by atoms with van der Waals surface area (Å²) in [6.45, 7) is 5.86. The maximum atomic E-state index is 13.2. The Kier molecular flexibility index (Phi) is 5.12. The van der Waals surface area contributed by atoms with Crippen molar-refractivity contribution in [1.29, 1.82) is 0 Å². The molecule has 0 aromatic rings. The zero-order valence-electron chi connectivity index (χ0n) is 18.0. The Morgan fingerprint density at radius 2 is 2.00 bits per heavy atom. The van der Waals surface area contributed by atoms with Crippen molar-refractivity contribution >= 4 is 29.5 Å². The molecule has 2 amide bonds. The Labute approximate surface area is 185 Å². The van der Waals surface area contributed by atoms with Gasteiger partial charge in [-0.1, -0.05) is 6.92 Å². The van der Waals surface area contributed by atoms with Crippen LogP contribution in [0.1, 0.15) is 26.7 Å². The number of rotatable bonds is 5. The number of carbonyl (C=O) groups excluding carboxylic acids is 2. The van der Waals surface area contributed by atoms with Crippen molar-refractivity contribution in [3.05, 3.63) is 10.6 Å². The third-order valence-electron chi connectivity index (χ3n) is 7.74. The van der Waals surface area contributed by atoms with E-state index in [1.54, 1.807) is 6.92 Å². The predicted molar refractivity (Wildman–Crippen MR) is 114 cm³/mol. The van der Waals surface area contributed by atoms with Crippen LogP contribution in [0.4, 0.5) is 0 Å². The van der Waals surface area contributed by atoms with E-state index in [4.69, 9.17) is 0 Å². The first kappa shape index (κ1) is 21.2. The number of likely N-dealkylation sites (N-methyl/N-ethyl adjacent to an activating group) is 1. The van der Waals surface area contributed by atoms with Gasteiger partial charge in [0.25, 0.3) is 0 Å². The van der Waals surface area contributed by atoms with Crippen molar-refractivity contribution in [1.82, 2.24) is 20.0 Å². The molecule has 4 saturated heterocycles. The molecule has 5 rings (SSSR count). The number of piperazine rings is 1. The highest BCUT2D eigenvalue weighted by Gasteiger charge is 2.60. The lowest BCUT2D eigenvalue weighted by molar-refractivity contribution is -0.163. The number of nitrogens with one attached hydrogen (secondary N) is 1. The summed E-state index contributed by atoms with van der Waals surface area (Å²) in [5.74, 6) is -1.93. The summed E-state index contributed by atoms with van der Waals surface area (Å²) >= 11 is 1.50. The number of likely N-dealkylation sites (tertiary alicyclic amines) is 2. The summed E-state index contributed by atoms with van der Waals surface area (Å²) in [5, 5.41) is 23.4. The predicted octanol–water partition coefficient (Wildman–Crippen LogP) is -0.481. The van der Waals surface area contributed by atoms with Gasteiger partial charge in [0.05, 0.1) is 24.1 Å². The average molecular weight is 451 g/mol. The van der Waals surface area contributed by atoms with Gasteiger partial charge in [-0.05, 0) is 26.8 Å². The second-order valence-corrected chi connectivity index (χ2v) is 11.0. The summed E-state index contributed by atoms with van der Waals surface area (Å²) < 4.78 is 0. The lowest BCUT2D eigenvalue weighted by atomic mass is 9.79. The number of fused-ring (bicyclic) bond motifs is 3. The van der Waals surface area contributed by atoms with E-state index in [0.29, 0.717) is 30.0 Å². The minimum Gasteiger partial charge on any atom is -0.477 e. The van der Waals surface area contributed by atoms with E-state index in [9.17, 15) is 24.6 Å². The van der Waals surface area contributed by atoms with Crippen molar-refractivity contribution in [3.8, 4) is 0 Å². The van der Waals surface area contributed by atoms with E-state index < -0.39 is 18.0 Å². The van der Waals surface area contributed by atoms with Crippen LogP contribution in [-0.4, -0.2) is 105 Å². The summed E-state index contributed by atoms with van der Waals surface area (Å²) in [4.78, 5) is 43.9. The topological polar surface area (TPSA) is 113 Å². The number of thioether (sulfide) groups is 1. The van der Waals surface area contributed by atoms with E-state index in [1.807, 2.05) is 18.9 Å². The Hall–Kier alpha value is -1.62. The lowest BCUT2D eigenvalue weighted by Crippen LogP contribution is -2.63. The fraction of sp³-hybridized carbons (Fsp3) is 0.762. The molecule has 5 heterocycles. The minimum atomic E-state index is -1.10. The number of nitrogens with zero attached hydrogens (tertiary/aromatic N) is 3. The molecule has 9 nitrogen and oxygen atoms in total. The van der Waals surface area contributed by atoms with Crippen LogP contribution in [0.25, 0.3) is 0 Å². The second kappa shape index (κ2) is 7.47. The summed E-state index contributed by atoms with van der Waals surface area (Å²) in [7, 11) is 1.96. The Bertz CT molecular complexity index is 863. The molecule has 10 heteroatoms. The molecule has 4 fully saturated rings. The summed E-state index contributed by atoms with van der Waals surface area (Å²) in [5.41, 5.74) is 0.0600. The van der Waals surface area contributed by atoms with Gasteiger partial charge in [0.15, 0.2) is 0 Å². The fourth-order valence-electron chi connectivity index (χ4n) is 6.21. The molecule has 5 aliphatic heterocycles. The molecule has 170 valence electrons. The van der Waals surface area contributed by atoms with Gasteiger partial charge in [-0.25, -0.2) is 4.79 Å². The number of β-lactam (4-membered cyclic amide) rings is 1. The largest absolute Gasteiger partial charge is 0.477 e. The van der Waals surface area contributed by atoms with Crippen LogP contribution >= 0.6 is 11.8 Å². The van der Waals surface area contributed by atoms with E-state index in [2.05, 4.69) is 10.2 Å². The highest BCUT2D eigenvalue weighted by atomic mass is 32.2. The van der Waals surface area contributed by atoms with Gasteiger partial charge in [-0.2, -0.15) is 0 Å². The van der Waals surface area contributed by atoms with Crippen LogP contribution in [0.15, 0.2) is 10.6 Å². The van der Waals surface area contributed by atoms with Crippen LogP contribution in [0, 0.1) is 11.8 Å². The van der Waals surface area contributed by atoms with Crippen LogP contribution in [0.5, 0.6) is 0 Å². The van der Waals surface area contributed by atoms with Crippen LogP contribution < -0.4 is 5.32 Å². The highest BCUT2D eigenvalue weighted by Crippen LogP contribution is 2.52. The SMILES string of the molecule is C[C@@H](O)[C@H]1C(=O)N2C(C(=O)O)=C(S[C@H]3C[C@@H](C(=O)N4C[C@H]5C[C@@H]4CN5)N(C)C3)[C@H](C)[C@H]12. The Morgan fingerprint density at radius 1 is 1.26 bits per heavy atom. The van der Waals surface area contributed by atoms with Crippen LogP contribution in [0.2, 0.25) is 0 Å². The first-order chi connectivity index (χ1) is 14.7. The lowest BCUT2D eigenvalue weighted by Gasteiger charge is -2.46. The van der Waals surface area contributed by atoms with Crippen molar-refractivity contribution < 1.29 is 24.6 Å². The zero-order chi connectivity index (χ0) is 22.2. The quantitative estimate of drug-likeness (QED) is 0.482. The standard InChI is InChI=1S/C21H30N4O5S/c1-9-16-15(10(2)26)20(28)25(16)17(21(29)30)18(9)31-13-5-14(23(3)8-13)19(27)24-7-11-4-12(24)6-22-11/h9-16,22,26H,4-8H2,1-3H3,(H,29,30)/t9-,10-,11-,12-,13+,14+,15-,16-/m1/s1. The molecule has 0 saturated carbocycles. The van der Waals surface area contributed by atoms with E-state index in [0.717, 1.165) is 19.5 Å². The van der Waals surface area contributed by atoms with E-state index in [1.165, 1.54) is 16.7 Å².